The van der Waals surface area contributed by atoms with Gasteiger partial charge >= 0.3 is 0 Å². The number of amides is 1. The molecule has 0 saturated carbocycles. The van der Waals surface area contributed by atoms with E-state index in [0.29, 0.717) is 25.9 Å². The van der Waals surface area contributed by atoms with Gasteiger partial charge in [-0.2, -0.15) is 0 Å². The Hall–Kier alpha value is -0.660. The van der Waals surface area contributed by atoms with Gasteiger partial charge in [-0.05, 0) is 19.8 Å². The zero-order valence-electron chi connectivity index (χ0n) is 10.2. The largest absolute Gasteiger partial charge is 0.391 e. The van der Waals surface area contributed by atoms with Crippen LogP contribution in [0, 0.1) is 0 Å². The number of carbonyl (C=O) groups is 1. The smallest absolute Gasteiger partial charge is 0.217 e. The SMILES string of the molecule is CCS(=O)(=O)N1CC[C@H](NC(C)=O)[C@@H](O)CC1. The van der Waals surface area contributed by atoms with E-state index in [0.717, 1.165) is 0 Å². The molecule has 1 rings (SSSR count). The minimum Gasteiger partial charge on any atom is -0.391 e. The third kappa shape index (κ3) is 3.93. The average molecular weight is 264 g/mol. The molecule has 0 aliphatic carbocycles. The molecule has 1 aliphatic heterocycles. The molecule has 2 N–H and O–H groups in total. The highest BCUT2D eigenvalue weighted by molar-refractivity contribution is 7.89. The van der Waals surface area contributed by atoms with Crippen molar-refractivity contribution in [1.82, 2.24) is 9.62 Å². The number of hydrogen-bond acceptors (Lipinski definition) is 4. The van der Waals surface area contributed by atoms with E-state index in [-0.39, 0.29) is 17.7 Å². The Kier molecular flexibility index (Phi) is 4.91. The van der Waals surface area contributed by atoms with Crippen molar-refractivity contribution in [3.05, 3.63) is 0 Å². The van der Waals surface area contributed by atoms with Crippen LogP contribution >= 0.6 is 0 Å². The number of nitrogens with one attached hydrogen (secondary N) is 1. The molecule has 1 amide bonds. The number of sulfonamides is 1. The molecule has 17 heavy (non-hydrogen) atoms. The third-order valence-electron chi connectivity index (χ3n) is 2.98. The predicted molar refractivity (Wildman–Crippen MR) is 63.9 cm³/mol. The summed E-state index contributed by atoms with van der Waals surface area (Å²) in [5.74, 6) is -0.144. The normalized spacial score (nSPS) is 27.5. The fourth-order valence-electron chi connectivity index (χ4n) is 1.95. The Balaban J connectivity index is 2.68. The van der Waals surface area contributed by atoms with Crippen molar-refractivity contribution in [1.29, 1.82) is 0 Å². The molecule has 7 heteroatoms. The Labute approximate surface area is 102 Å². The number of aliphatic hydroxyl groups excluding tert-OH is 1. The molecular formula is C10H20N2O4S. The van der Waals surface area contributed by atoms with Gasteiger partial charge in [0.1, 0.15) is 0 Å². The van der Waals surface area contributed by atoms with Crippen LogP contribution in [0.2, 0.25) is 0 Å². The molecule has 6 nitrogen and oxygen atoms in total. The molecule has 1 aliphatic rings. The minimum absolute atomic E-state index is 0.0634. The molecule has 0 aromatic rings. The van der Waals surface area contributed by atoms with Crippen LogP contribution in [-0.4, -0.2) is 54.7 Å². The fourth-order valence-corrected chi connectivity index (χ4v) is 3.09. The van der Waals surface area contributed by atoms with Gasteiger partial charge in [-0.3, -0.25) is 4.79 Å². The van der Waals surface area contributed by atoms with E-state index in [9.17, 15) is 18.3 Å². The lowest BCUT2D eigenvalue weighted by Gasteiger charge is -2.20. The zero-order valence-corrected chi connectivity index (χ0v) is 11.0. The van der Waals surface area contributed by atoms with E-state index in [1.807, 2.05) is 0 Å². The maximum atomic E-state index is 11.7. The predicted octanol–water partition coefficient (Wildman–Crippen LogP) is -0.702. The van der Waals surface area contributed by atoms with Crippen LogP contribution in [0.25, 0.3) is 0 Å². The van der Waals surface area contributed by atoms with Crippen molar-refractivity contribution in [2.24, 2.45) is 0 Å². The maximum absolute atomic E-state index is 11.7. The van der Waals surface area contributed by atoms with Gasteiger partial charge in [0.2, 0.25) is 15.9 Å². The first-order chi connectivity index (χ1) is 7.86. The Morgan fingerprint density at radius 3 is 2.53 bits per heavy atom. The monoisotopic (exact) mass is 264 g/mol. The van der Waals surface area contributed by atoms with Crippen LogP contribution in [0.4, 0.5) is 0 Å². The summed E-state index contributed by atoms with van der Waals surface area (Å²) in [6.07, 6.45) is 0.111. The molecule has 0 aromatic heterocycles. The van der Waals surface area contributed by atoms with Crippen molar-refractivity contribution in [2.75, 3.05) is 18.8 Å². The molecule has 1 heterocycles. The van der Waals surface area contributed by atoms with E-state index < -0.39 is 16.1 Å². The lowest BCUT2D eigenvalue weighted by Crippen LogP contribution is -2.42. The fraction of sp³-hybridized carbons (Fsp3) is 0.900. The molecule has 0 bridgehead atoms. The number of nitrogens with zero attached hydrogens (tertiary/aromatic N) is 1. The second kappa shape index (κ2) is 5.79. The quantitative estimate of drug-likeness (QED) is 0.705. The number of aliphatic hydroxyl groups is 1. The van der Waals surface area contributed by atoms with Crippen molar-refractivity contribution in [2.45, 2.75) is 38.8 Å². The number of hydrogen-bond donors (Lipinski definition) is 2. The summed E-state index contributed by atoms with van der Waals surface area (Å²) in [5, 5.41) is 12.5. The van der Waals surface area contributed by atoms with Gasteiger partial charge in [0, 0.05) is 20.0 Å². The van der Waals surface area contributed by atoms with Crippen LogP contribution < -0.4 is 5.32 Å². The van der Waals surface area contributed by atoms with Crippen molar-refractivity contribution in [3.8, 4) is 0 Å². The van der Waals surface area contributed by atoms with Crippen molar-refractivity contribution < 1.29 is 18.3 Å². The van der Waals surface area contributed by atoms with Crippen molar-refractivity contribution >= 4 is 15.9 Å². The van der Waals surface area contributed by atoms with Crippen LogP contribution in [0.5, 0.6) is 0 Å². The topological polar surface area (TPSA) is 86.7 Å². The second-order valence-corrected chi connectivity index (χ2v) is 6.51. The van der Waals surface area contributed by atoms with E-state index >= 15 is 0 Å². The van der Waals surface area contributed by atoms with Gasteiger partial charge in [0.15, 0.2) is 0 Å². The summed E-state index contributed by atoms with van der Waals surface area (Å²) in [4.78, 5) is 11.0. The lowest BCUT2D eigenvalue weighted by atomic mass is 10.1. The summed E-state index contributed by atoms with van der Waals surface area (Å²) in [6.45, 7) is 3.64. The number of carbonyl (C=O) groups excluding carboxylic acids is 1. The lowest BCUT2D eigenvalue weighted by molar-refractivity contribution is -0.120. The minimum atomic E-state index is -3.21. The highest BCUT2D eigenvalue weighted by Crippen LogP contribution is 2.15. The first kappa shape index (κ1) is 14.4. The molecule has 0 aromatic carbocycles. The van der Waals surface area contributed by atoms with E-state index in [4.69, 9.17) is 0 Å². The van der Waals surface area contributed by atoms with E-state index in [2.05, 4.69) is 5.32 Å². The first-order valence-corrected chi connectivity index (χ1v) is 7.40. The molecule has 2 atom stereocenters. The highest BCUT2D eigenvalue weighted by Gasteiger charge is 2.29. The van der Waals surface area contributed by atoms with Gasteiger partial charge in [-0.1, -0.05) is 0 Å². The second-order valence-electron chi connectivity index (χ2n) is 4.25. The van der Waals surface area contributed by atoms with Gasteiger partial charge < -0.3 is 10.4 Å². The summed E-state index contributed by atoms with van der Waals surface area (Å²) in [6, 6.07) is -0.357. The van der Waals surface area contributed by atoms with E-state index in [1.165, 1.54) is 11.2 Å². The molecule has 0 spiro atoms. The Bertz CT molecular complexity index is 369. The average Bonchev–Trinajstić information content (AvgIpc) is 2.42. The molecule has 1 fully saturated rings. The van der Waals surface area contributed by atoms with Crippen LogP contribution in [0.1, 0.15) is 26.7 Å². The van der Waals surface area contributed by atoms with E-state index in [1.54, 1.807) is 6.92 Å². The standard InChI is InChI=1S/C10H20N2O4S/c1-3-17(15,16)12-6-4-9(11-8(2)13)10(14)5-7-12/h9-10,14H,3-7H2,1-2H3,(H,11,13)/t9-,10-/m0/s1. The van der Waals surface area contributed by atoms with Gasteiger partial charge in [-0.25, -0.2) is 12.7 Å². The van der Waals surface area contributed by atoms with Gasteiger partial charge in [0.25, 0.3) is 0 Å². The summed E-state index contributed by atoms with van der Waals surface area (Å²) >= 11 is 0. The van der Waals surface area contributed by atoms with Crippen LogP contribution in [0.3, 0.4) is 0 Å². The van der Waals surface area contributed by atoms with Crippen LogP contribution in [0.15, 0.2) is 0 Å². The molecule has 0 unspecified atom stereocenters. The summed E-state index contributed by atoms with van der Waals surface area (Å²) in [5.41, 5.74) is 0. The maximum Gasteiger partial charge on any atom is 0.217 e. The zero-order chi connectivity index (χ0) is 13.1. The van der Waals surface area contributed by atoms with Crippen LogP contribution in [-0.2, 0) is 14.8 Å². The van der Waals surface area contributed by atoms with Crippen molar-refractivity contribution in [3.63, 3.8) is 0 Å². The third-order valence-corrected chi connectivity index (χ3v) is 4.86. The molecule has 0 radical (unpaired) electrons. The number of rotatable bonds is 3. The first-order valence-electron chi connectivity index (χ1n) is 5.79. The van der Waals surface area contributed by atoms with Gasteiger partial charge in [-0.15, -0.1) is 0 Å². The Morgan fingerprint density at radius 1 is 1.41 bits per heavy atom. The molecular weight excluding hydrogens is 244 g/mol. The molecule has 1 saturated heterocycles. The Morgan fingerprint density at radius 2 is 2.00 bits per heavy atom. The molecule has 100 valence electrons. The highest BCUT2D eigenvalue weighted by atomic mass is 32.2. The summed E-state index contributed by atoms with van der Waals surface area (Å²) < 4.78 is 24.8. The van der Waals surface area contributed by atoms with Gasteiger partial charge in [0.05, 0.1) is 17.9 Å². The summed E-state index contributed by atoms with van der Waals surface area (Å²) in [7, 11) is -3.21.